The molecule has 2 heteroatoms. The van der Waals surface area contributed by atoms with E-state index < -0.39 is 5.60 Å². The van der Waals surface area contributed by atoms with Crippen LogP contribution in [-0.2, 0) is 4.74 Å². The van der Waals surface area contributed by atoms with E-state index in [4.69, 9.17) is 4.74 Å². The standard InChI is InChI=1S/C9H18O2/c1-5-9(4,10)6-7-11-8(2)3/h5,8,10H,1,6-7H2,2-4H3. The predicted octanol–water partition coefficient (Wildman–Crippen LogP) is 1.74. The summed E-state index contributed by atoms with van der Waals surface area (Å²) in [6.07, 6.45) is 2.38. The molecular weight excluding hydrogens is 140 g/mol. The molecule has 0 rings (SSSR count). The lowest BCUT2D eigenvalue weighted by Crippen LogP contribution is -2.23. The molecule has 2 nitrogen and oxygen atoms in total. The van der Waals surface area contributed by atoms with Gasteiger partial charge in [0.15, 0.2) is 0 Å². The van der Waals surface area contributed by atoms with Crippen molar-refractivity contribution in [3.05, 3.63) is 12.7 Å². The molecular formula is C9H18O2. The maximum absolute atomic E-state index is 9.44. The van der Waals surface area contributed by atoms with Gasteiger partial charge in [-0.05, 0) is 20.8 Å². The fraction of sp³-hybridized carbons (Fsp3) is 0.778. The number of rotatable bonds is 5. The summed E-state index contributed by atoms with van der Waals surface area (Å²) in [5.41, 5.74) is -0.783. The minimum absolute atomic E-state index is 0.232. The third-order valence-electron chi connectivity index (χ3n) is 1.50. The Morgan fingerprint density at radius 3 is 2.55 bits per heavy atom. The SMILES string of the molecule is C=CC(C)(O)CCOC(C)C. The van der Waals surface area contributed by atoms with Gasteiger partial charge >= 0.3 is 0 Å². The first-order valence-corrected chi connectivity index (χ1v) is 3.95. The van der Waals surface area contributed by atoms with Crippen LogP contribution in [-0.4, -0.2) is 23.4 Å². The molecule has 1 unspecified atom stereocenters. The Labute approximate surface area is 68.9 Å². The van der Waals surface area contributed by atoms with Crippen molar-refractivity contribution < 1.29 is 9.84 Å². The maximum Gasteiger partial charge on any atom is 0.0819 e. The second kappa shape index (κ2) is 4.52. The minimum Gasteiger partial charge on any atom is -0.386 e. The zero-order chi connectivity index (χ0) is 8.91. The third-order valence-corrected chi connectivity index (χ3v) is 1.50. The summed E-state index contributed by atoms with van der Waals surface area (Å²) in [6.45, 7) is 9.78. The molecule has 11 heavy (non-hydrogen) atoms. The van der Waals surface area contributed by atoms with E-state index in [-0.39, 0.29) is 6.10 Å². The number of ether oxygens (including phenoxy) is 1. The number of hydrogen-bond donors (Lipinski definition) is 1. The molecule has 0 heterocycles. The molecule has 0 aliphatic rings. The van der Waals surface area contributed by atoms with E-state index in [2.05, 4.69) is 6.58 Å². The van der Waals surface area contributed by atoms with Crippen molar-refractivity contribution in [2.45, 2.75) is 38.9 Å². The molecule has 0 bridgehead atoms. The van der Waals surface area contributed by atoms with Crippen LogP contribution < -0.4 is 0 Å². The van der Waals surface area contributed by atoms with Crippen LogP contribution in [0.3, 0.4) is 0 Å². The van der Waals surface area contributed by atoms with Crippen molar-refractivity contribution in [3.8, 4) is 0 Å². The normalized spacial score (nSPS) is 16.5. The molecule has 0 spiro atoms. The molecule has 0 aliphatic heterocycles. The van der Waals surface area contributed by atoms with Crippen LogP contribution in [0, 0.1) is 0 Å². The van der Waals surface area contributed by atoms with E-state index in [1.165, 1.54) is 6.08 Å². The summed E-state index contributed by atoms with van der Waals surface area (Å²) in [5.74, 6) is 0. The quantitative estimate of drug-likeness (QED) is 0.617. The lowest BCUT2D eigenvalue weighted by Gasteiger charge is -2.18. The summed E-state index contributed by atoms with van der Waals surface area (Å²) in [4.78, 5) is 0. The Kier molecular flexibility index (Phi) is 4.38. The summed E-state index contributed by atoms with van der Waals surface area (Å²) in [5, 5.41) is 9.44. The number of aliphatic hydroxyl groups is 1. The summed E-state index contributed by atoms with van der Waals surface area (Å²) >= 11 is 0. The topological polar surface area (TPSA) is 29.5 Å². The van der Waals surface area contributed by atoms with Crippen LogP contribution in [0.4, 0.5) is 0 Å². The van der Waals surface area contributed by atoms with E-state index in [9.17, 15) is 5.11 Å². The Morgan fingerprint density at radius 1 is 1.64 bits per heavy atom. The fourth-order valence-corrected chi connectivity index (χ4v) is 0.603. The van der Waals surface area contributed by atoms with Crippen molar-refractivity contribution >= 4 is 0 Å². The second-order valence-corrected chi connectivity index (χ2v) is 3.23. The van der Waals surface area contributed by atoms with Crippen LogP contribution in [0.2, 0.25) is 0 Å². The van der Waals surface area contributed by atoms with E-state index in [0.29, 0.717) is 13.0 Å². The maximum atomic E-state index is 9.44. The molecule has 0 amide bonds. The van der Waals surface area contributed by atoms with Crippen LogP contribution in [0.15, 0.2) is 12.7 Å². The van der Waals surface area contributed by atoms with Gasteiger partial charge in [0.05, 0.1) is 11.7 Å². The molecule has 0 radical (unpaired) electrons. The van der Waals surface area contributed by atoms with Gasteiger partial charge in [0.2, 0.25) is 0 Å². The zero-order valence-electron chi connectivity index (χ0n) is 7.63. The van der Waals surface area contributed by atoms with E-state index >= 15 is 0 Å². The van der Waals surface area contributed by atoms with Gasteiger partial charge in [0.25, 0.3) is 0 Å². The van der Waals surface area contributed by atoms with E-state index in [1.807, 2.05) is 13.8 Å². The average Bonchev–Trinajstić information content (AvgIpc) is 1.87. The second-order valence-electron chi connectivity index (χ2n) is 3.23. The van der Waals surface area contributed by atoms with Gasteiger partial charge in [-0.2, -0.15) is 0 Å². The molecule has 0 aromatic rings. The molecule has 1 atom stereocenters. The van der Waals surface area contributed by atoms with Crippen molar-refractivity contribution in [2.75, 3.05) is 6.61 Å². The largest absolute Gasteiger partial charge is 0.386 e. The first-order valence-electron chi connectivity index (χ1n) is 3.95. The minimum atomic E-state index is -0.783. The van der Waals surface area contributed by atoms with Crippen molar-refractivity contribution in [3.63, 3.8) is 0 Å². The van der Waals surface area contributed by atoms with Gasteiger partial charge < -0.3 is 9.84 Å². The number of hydrogen-bond acceptors (Lipinski definition) is 2. The molecule has 0 saturated carbocycles. The summed E-state index contributed by atoms with van der Waals surface area (Å²) in [6, 6.07) is 0. The molecule has 0 aromatic carbocycles. The van der Waals surface area contributed by atoms with Crippen LogP contribution in [0.5, 0.6) is 0 Å². The highest BCUT2D eigenvalue weighted by Crippen LogP contribution is 2.10. The smallest absolute Gasteiger partial charge is 0.0819 e. The molecule has 0 saturated heterocycles. The molecule has 0 aliphatic carbocycles. The first kappa shape index (κ1) is 10.7. The summed E-state index contributed by atoms with van der Waals surface area (Å²) in [7, 11) is 0. The highest BCUT2D eigenvalue weighted by atomic mass is 16.5. The summed E-state index contributed by atoms with van der Waals surface area (Å²) < 4.78 is 5.27. The Hall–Kier alpha value is -0.340. The van der Waals surface area contributed by atoms with E-state index in [0.717, 1.165) is 0 Å². The molecule has 1 N–H and O–H groups in total. The Balaban J connectivity index is 3.45. The molecule has 0 fully saturated rings. The Bertz CT molecular complexity index is 117. The lowest BCUT2D eigenvalue weighted by atomic mass is 10.0. The molecule has 0 aromatic heterocycles. The highest BCUT2D eigenvalue weighted by molar-refractivity contribution is 4.91. The monoisotopic (exact) mass is 158 g/mol. The third kappa shape index (κ3) is 6.07. The lowest BCUT2D eigenvalue weighted by molar-refractivity contribution is 0.0246. The van der Waals surface area contributed by atoms with Crippen LogP contribution in [0.1, 0.15) is 27.2 Å². The van der Waals surface area contributed by atoms with Gasteiger partial charge in [-0.3, -0.25) is 0 Å². The van der Waals surface area contributed by atoms with Crippen LogP contribution >= 0.6 is 0 Å². The predicted molar refractivity (Wildman–Crippen MR) is 46.5 cm³/mol. The Morgan fingerprint density at radius 2 is 2.18 bits per heavy atom. The van der Waals surface area contributed by atoms with Gasteiger partial charge in [0.1, 0.15) is 0 Å². The molecule has 66 valence electrons. The van der Waals surface area contributed by atoms with Crippen molar-refractivity contribution in [1.29, 1.82) is 0 Å². The average molecular weight is 158 g/mol. The zero-order valence-corrected chi connectivity index (χ0v) is 7.63. The highest BCUT2D eigenvalue weighted by Gasteiger charge is 2.14. The van der Waals surface area contributed by atoms with Crippen molar-refractivity contribution in [2.24, 2.45) is 0 Å². The first-order chi connectivity index (χ1) is 4.98. The van der Waals surface area contributed by atoms with Gasteiger partial charge in [-0.1, -0.05) is 6.08 Å². The van der Waals surface area contributed by atoms with E-state index in [1.54, 1.807) is 6.92 Å². The van der Waals surface area contributed by atoms with Gasteiger partial charge in [0, 0.05) is 13.0 Å². The van der Waals surface area contributed by atoms with Crippen molar-refractivity contribution in [1.82, 2.24) is 0 Å². The van der Waals surface area contributed by atoms with Gasteiger partial charge in [-0.25, -0.2) is 0 Å². The van der Waals surface area contributed by atoms with Crippen LogP contribution in [0.25, 0.3) is 0 Å². The fourth-order valence-electron chi connectivity index (χ4n) is 0.603. The van der Waals surface area contributed by atoms with Gasteiger partial charge in [-0.15, -0.1) is 6.58 Å².